The van der Waals surface area contributed by atoms with E-state index in [0.717, 1.165) is 17.7 Å². The molecular formula is C21H15F3N6O. The molecule has 1 amide bonds. The summed E-state index contributed by atoms with van der Waals surface area (Å²) in [6, 6.07) is 3.61. The largest absolute Gasteiger partial charge is 0.331 e. The van der Waals surface area contributed by atoms with Gasteiger partial charge in [0.05, 0.1) is 23.4 Å². The van der Waals surface area contributed by atoms with Crippen LogP contribution in [0.5, 0.6) is 0 Å². The molecule has 0 fully saturated rings. The summed E-state index contributed by atoms with van der Waals surface area (Å²) in [4.78, 5) is 27.1. The quantitative estimate of drug-likeness (QED) is 0.463. The number of carbonyl (C=O) groups is 1. The van der Waals surface area contributed by atoms with Gasteiger partial charge in [0.1, 0.15) is 12.0 Å². The number of carbonyl (C=O) groups excluding carboxylic acids is 1. The Morgan fingerprint density at radius 2 is 1.90 bits per heavy atom. The summed E-state index contributed by atoms with van der Waals surface area (Å²) < 4.78 is 42.4. The molecule has 0 aliphatic carbocycles. The van der Waals surface area contributed by atoms with E-state index in [-0.39, 0.29) is 23.7 Å². The van der Waals surface area contributed by atoms with E-state index in [0.29, 0.717) is 35.3 Å². The molecule has 0 atom stereocenters. The molecule has 0 bridgehead atoms. The highest BCUT2D eigenvalue weighted by molar-refractivity contribution is 6.04. The maximum absolute atomic E-state index is 13.8. The molecule has 31 heavy (non-hydrogen) atoms. The summed E-state index contributed by atoms with van der Waals surface area (Å²) in [5.41, 5.74) is 2.94. The van der Waals surface area contributed by atoms with E-state index >= 15 is 0 Å². The van der Waals surface area contributed by atoms with Crippen molar-refractivity contribution in [3.63, 3.8) is 0 Å². The smallest absolute Gasteiger partial charge is 0.273 e. The predicted molar refractivity (Wildman–Crippen MR) is 104 cm³/mol. The van der Waals surface area contributed by atoms with Crippen molar-refractivity contribution in [2.45, 2.75) is 13.0 Å². The number of nitrogens with zero attached hydrogens (tertiary/aromatic N) is 6. The zero-order chi connectivity index (χ0) is 21.7. The monoisotopic (exact) mass is 424 g/mol. The van der Waals surface area contributed by atoms with Crippen LogP contribution in [-0.2, 0) is 20.0 Å². The first kappa shape index (κ1) is 19.2. The molecule has 0 unspecified atom stereocenters. The van der Waals surface area contributed by atoms with Crippen LogP contribution in [0.1, 0.15) is 21.7 Å². The molecule has 1 aliphatic heterocycles. The lowest BCUT2D eigenvalue weighted by atomic mass is 9.99. The standard InChI is InChI=1S/C21H15F3N6O/c1-29-20(11-6-14(22)18(24)15(23)7-11)12-3-5-30(9-17(12)28-29)21(31)19-13-8-25-10-27-16(13)2-4-26-19/h2,4,6-8,10H,3,5,9H2,1H3. The van der Waals surface area contributed by atoms with Crippen LogP contribution in [0, 0.1) is 17.5 Å². The topological polar surface area (TPSA) is 76.8 Å². The van der Waals surface area contributed by atoms with Gasteiger partial charge in [-0.3, -0.25) is 14.5 Å². The van der Waals surface area contributed by atoms with Gasteiger partial charge in [-0.25, -0.2) is 23.1 Å². The molecule has 5 rings (SSSR count). The Balaban J connectivity index is 1.50. The van der Waals surface area contributed by atoms with Crippen molar-refractivity contribution in [1.82, 2.24) is 29.6 Å². The number of aryl methyl sites for hydroxylation is 1. The second-order valence-electron chi connectivity index (χ2n) is 7.24. The molecule has 0 saturated carbocycles. The van der Waals surface area contributed by atoms with Crippen LogP contribution >= 0.6 is 0 Å². The van der Waals surface area contributed by atoms with E-state index in [1.54, 1.807) is 24.2 Å². The van der Waals surface area contributed by atoms with Crippen molar-refractivity contribution in [3.8, 4) is 11.3 Å². The number of hydrogen-bond donors (Lipinski definition) is 0. The third kappa shape index (κ3) is 3.11. The Morgan fingerprint density at radius 3 is 2.68 bits per heavy atom. The number of benzene rings is 1. The SMILES string of the molecule is Cn1nc2c(c1-c1cc(F)c(F)c(F)c1)CCN(C(=O)c1nccc3ncncc13)C2. The number of aromatic nitrogens is 5. The lowest BCUT2D eigenvalue weighted by molar-refractivity contribution is 0.0728. The molecule has 0 N–H and O–H groups in total. The average molecular weight is 424 g/mol. The van der Waals surface area contributed by atoms with E-state index in [9.17, 15) is 18.0 Å². The van der Waals surface area contributed by atoms with Gasteiger partial charge in [0.2, 0.25) is 0 Å². The molecular weight excluding hydrogens is 409 g/mol. The first-order valence-electron chi connectivity index (χ1n) is 9.47. The minimum atomic E-state index is -1.51. The fraction of sp³-hybridized carbons (Fsp3) is 0.190. The van der Waals surface area contributed by atoms with Gasteiger partial charge >= 0.3 is 0 Å². The minimum absolute atomic E-state index is 0.195. The predicted octanol–water partition coefficient (Wildman–Crippen LogP) is 3.04. The van der Waals surface area contributed by atoms with E-state index in [1.807, 2.05) is 0 Å². The van der Waals surface area contributed by atoms with Crippen molar-refractivity contribution in [2.24, 2.45) is 7.05 Å². The number of halogens is 3. The summed E-state index contributed by atoms with van der Waals surface area (Å²) >= 11 is 0. The molecule has 7 nitrogen and oxygen atoms in total. The van der Waals surface area contributed by atoms with Crippen LogP contribution in [-0.4, -0.2) is 42.1 Å². The normalized spacial score (nSPS) is 13.5. The number of hydrogen-bond acceptors (Lipinski definition) is 5. The van der Waals surface area contributed by atoms with Crippen LogP contribution < -0.4 is 0 Å². The molecule has 10 heteroatoms. The Morgan fingerprint density at radius 1 is 1.13 bits per heavy atom. The van der Waals surface area contributed by atoms with Crippen molar-refractivity contribution in [2.75, 3.05) is 6.54 Å². The molecule has 4 heterocycles. The highest BCUT2D eigenvalue weighted by Crippen LogP contribution is 2.32. The zero-order valence-electron chi connectivity index (χ0n) is 16.3. The molecule has 0 spiro atoms. The average Bonchev–Trinajstić information content (AvgIpc) is 3.11. The minimum Gasteiger partial charge on any atom is -0.331 e. The van der Waals surface area contributed by atoms with Crippen LogP contribution in [0.3, 0.4) is 0 Å². The number of rotatable bonds is 2. The van der Waals surface area contributed by atoms with E-state index < -0.39 is 17.5 Å². The Bertz CT molecular complexity index is 1320. The van der Waals surface area contributed by atoms with E-state index in [1.165, 1.54) is 17.2 Å². The van der Waals surface area contributed by atoms with Crippen LogP contribution in [0.4, 0.5) is 13.2 Å². The van der Waals surface area contributed by atoms with Crippen LogP contribution in [0.2, 0.25) is 0 Å². The molecule has 0 radical (unpaired) electrons. The van der Waals surface area contributed by atoms with Gasteiger partial charge in [0.15, 0.2) is 17.5 Å². The number of pyridine rings is 1. The first-order valence-corrected chi connectivity index (χ1v) is 9.47. The van der Waals surface area contributed by atoms with Gasteiger partial charge in [-0.05, 0) is 24.6 Å². The van der Waals surface area contributed by atoms with Crippen molar-refractivity contribution < 1.29 is 18.0 Å². The highest BCUT2D eigenvalue weighted by atomic mass is 19.2. The number of amides is 1. The molecule has 4 aromatic rings. The highest BCUT2D eigenvalue weighted by Gasteiger charge is 2.29. The second kappa shape index (κ2) is 7.15. The summed E-state index contributed by atoms with van der Waals surface area (Å²) in [5, 5.41) is 4.99. The van der Waals surface area contributed by atoms with E-state index in [2.05, 4.69) is 20.1 Å². The Hall–Kier alpha value is -3.82. The lowest BCUT2D eigenvalue weighted by Gasteiger charge is -2.26. The fourth-order valence-electron chi connectivity index (χ4n) is 3.97. The van der Waals surface area contributed by atoms with E-state index in [4.69, 9.17) is 0 Å². The molecule has 156 valence electrons. The molecule has 3 aromatic heterocycles. The van der Waals surface area contributed by atoms with Crippen molar-refractivity contribution in [1.29, 1.82) is 0 Å². The third-order valence-corrected chi connectivity index (χ3v) is 5.38. The summed E-state index contributed by atoms with van der Waals surface area (Å²) in [5.74, 6) is -4.32. The van der Waals surface area contributed by atoms with Gasteiger partial charge in [-0.15, -0.1) is 0 Å². The molecule has 1 aromatic carbocycles. The van der Waals surface area contributed by atoms with Gasteiger partial charge < -0.3 is 4.90 Å². The third-order valence-electron chi connectivity index (χ3n) is 5.38. The summed E-state index contributed by atoms with van der Waals surface area (Å²) in [6.45, 7) is 0.572. The van der Waals surface area contributed by atoms with Crippen molar-refractivity contribution >= 4 is 16.8 Å². The molecule has 0 saturated heterocycles. The fourth-order valence-corrected chi connectivity index (χ4v) is 3.97. The molecule has 1 aliphatic rings. The maximum Gasteiger partial charge on any atom is 0.273 e. The van der Waals surface area contributed by atoms with Gasteiger partial charge in [-0.1, -0.05) is 0 Å². The first-order chi connectivity index (χ1) is 14.9. The number of fused-ring (bicyclic) bond motifs is 2. The van der Waals surface area contributed by atoms with Crippen molar-refractivity contribution in [3.05, 3.63) is 71.3 Å². The Labute approximate surface area is 174 Å². The Kier molecular flexibility index (Phi) is 4.42. The maximum atomic E-state index is 13.8. The second-order valence-corrected chi connectivity index (χ2v) is 7.24. The zero-order valence-corrected chi connectivity index (χ0v) is 16.3. The van der Waals surface area contributed by atoms with Gasteiger partial charge in [0, 0.05) is 42.5 Å². The van der Waals surface area contributed by atoms with Crippen LogP contribution in [0.15, 0.2) is 36.9 Å². The lowest BCUT2D eigenvalue weighted by Crippen LogP contribution is -2.36. The summed E-state index contributed by atoms with van der Waals surface area (Å²) in [6.07, 6.45) is 4.90. The van der Waals surface area contributed by atoms with Gasteiger partial charge in [-0.2, -0.15) is 5.10 Å². The van der Waals surface area contributed by atoms with Crippen LogP contribution in [0.25, 0.3) is 22.2 Å². The summed E-state index contributed by atoms with van der Waals surface area (Å²) in [7, 11) is 1.64. The van der Waals surface area contributed by atoms with Gasteiger partial charge in [0.25, 0.3) is 5.91 Å².